The summed E-state index contributed by atoms with van der Waals surface area (Å²) in [4.78, 5) is 0. The molecule has 1 N–H and O–H groups in total. The van der Waals surface area contributed by atoms with Gasteiger partial charge in [-0.3, -0.25) is 0 Å². The molecule has 0 spiro atoms. The Labute approximate surface area is 130 Å². The molecule has 0 radical (unpaired) electrons. The predicted molar refractivity (Wildman–Crippen MR) is 72.7 cm³/mol. The molecule has 0 aliphatic carbocycles. The van der Waals surface area contributed by atoms with Gasteiger partial charge in [0.2, 0.25) is 5.89 Å². The number of rotatable bonds is 4. The van der Waals surface area contributed by atoms with Crippen molar-refractivity contribution in [3.8, 4) is 5.75 Å². The van der Waals surface area contributed by atoms with Crippen molar-refractivity contribution in [3.05, 3.63) is 28.6 Å². The molecule has 114 valence electrons. The first-order valence-electron chi connectivity index (χ1n) is 5.54. The topological polar surface area (TPSA) is 60.2 Å². The van der Waals surface area contributed by atoms with E-state index >= 15 is 0 Å². The SMILES string of the molecule is CC(Cl)c1nnc(Nc2ccc(OC(F)(F)F)c(Br)c2)o1. The Morgan fingerprint density at radius 1 is 1.38 bits per heavy atom. The highest BCUT2D eigenvalue weighted by atomic mass is 79.9. The van der Waals surface area contributed by atoms with Gasteiger partial charge in [0.15, 0.2) is 0 Å². The average molecular weight is 387 g/mol. The molecule has 21 heavy (non-hydrogen) atoms. The lowest BCUT2D eigenvalue weighted by Crippen LogP contribution is -2.17. The smallest absolute Gasteiger partial charge is 0.406 e. The quantitative estimate of drug-likeness (QED) is 0.767. The lowest BCUT2D eigenvalue weighted by molar-refractivity contribution is -0.274. The number of alkyl halides is 4. The van der Waals surface area contributed by atoms with Crippen LogP contribution in [0.25, 0.3) is 0 Å². The van der Waals surface area contributed by atoms with E-state index in [2.05, 4.69) is 36.2 Å². The second-order valence-electron chi connectivity index (χ2n) is 3.88. The Bertz CT molecular complexity index is 633. The van der Waals surface area contributed by atoms with E-state index in [1.165, 1.54) is 12.1 Å². The maximum Gasteiger partial charge on any atom is 0.573 e. The van der Waals surface area contributed by atoms with E-state index in [1.54, 1.807) is 6.92 Å². The minimum atomic E-state index is -4.75. The van der Waals surface area contributed by atoms with Crippen LogP contribution in [0.1, 0.15) is 18.2 Å². The minimum absolute atomic E-state index is 0.0777. The summed E-state index contributed by atoms with van der Waals surface area (Å²) >= 11 is 8.76. The van der Waals surface area contributed by atoms with Crippen molar-refractivity contribution in [1.82, 2.24) is 10.2 Å². The van der Waals surface area contributed by atoms with Crippen molar-refractivity contribution >= 4 is 39.2 Å². The zero-order valence-electron chi connectivity index (χ0n) is 10.4. The molecule has 0 saturated carbocycles. The van der Waals surface area contributed by atoms with Gasteiger partial charge in [0, 0.05) is 5.69 Å². The standard InChI is InChI=1S/C11H8BrClF3N3O2/c1-5(13)9-18-19-10(20-9)17-6-2-3-8(7(12)4-6)21-11(14,15)16/h2-5H,1H3,(H,17,19). The summed E-state index contributed by atoms with van der Waals surface area (Å²) in [5, 5.41) is 9.71. The lowest BCUT2D eigenvalue weighted by Gasteiger charge is -2.11. The van der Waals surface area contributed by atoms with E-state index in [0.29, 0.717) is 5.69 Å². The van der Waals surface area contributed by atoms with Gasteiger partial charge >= 0.3 is 12.4 Å². The van der Waals surface area contributed by atoms with Gasteiger partial charge in [-0.15, -0.1) is 29.9 Å². The third-order valence-corrected chi connectivity index (χ3v) is 3.00. The number of ether oxygens (including phenoxy) is 1. The number of aromatic nitrogens is 2. The van der Waals surface area contributed by atoms with Crippen molar-refractivity contribution in [2.24, 2.45) is 0 Å². The normalized spacial score (nSPS) is 13.0. The molecule has 0 bridgehead atoms. The van der Waals surface area contributed by atoms with Gasteiger partial charge in [-0.1, -0.05) is 5.10 Å². The molecule has 10 heteroatoms. The molecule has 1 aromatic heterocycles. The molecule has 1 atom stereocenters. The number of nitrogens with zero attached hydrogens (tertiary/aromatic N) is 2. The third-order valence-electron chi connectivity index (χ3n) is 2.19. The molecule has 0 aliphatic heterocycles. The highest BCUT2D eigenvalue weighted by Gasteiger charge is 2.31. The van der Waals surface area contributed by atoms with E-state index in [1.807, 2.05) is 0 Å². The summed E-state index contributed by atoms with van der Waals surface area (Å²) in [7, 11) is 0. The fourth-order valence-electron chi connectivity index (χ4n) is 1.36. The maximum atomic E-state index is 12.1. The molecule has 2 rings (SSSR count). The van der Waals surface area contributed by atoms with E-state index in [0.717, 1.165) is 6.07 Å². The average Bonchev–Trinajstić information content (AvgIpc) is 2.80. The van der Waals surface area contributed by atoms with Crippen LogP contribution in [-0.2, 0) is 0 Å². The van der Waals surface area contributed by atoms with Gasteiger partial charge in [0.1, 0.15) is 11.1 Å². The summed E-state index contributed by atoms with van der Waals surface area (Å²) in [6.07, 6.45) is -4.75. The Hall–Kier alpha value is -1.48. The Morgan fingerprint density at radius 2 is 2.10 bits per heavy atom. The summed E-state index contributed by atoms with van der Waals surface area (Å²) in [5.74, 6) is -0.121. The summed E-state index contributed by atoms with van der Waals surface area (Å²) in [5.41, 5.74) is 0.439. The number of benzene rings is 1. The summed E-state index contributed by atoms with van der Waals surface area (Å²) < 4.78 is 45.6. The second kappa shape index (κ2) is 6.10. The molecule has 2 aromatic rings. The summed E-state index contributed by atoms with van der Waals surface area (Å²) in [6, 6.07) is 3.99. The first kappa shape index (κ1) is 15.9. The molecule has 0 amide bonds. The molecular weight excluding hydrogens is 378 g/mol. The van der Waals surface area contributed by atoms with E-state index < -0.39 is 11.7 Å². The second-order valence-corrected chi connectivity index (χ2v) is 5.39. The molecule has 0 fully saturated rings. The van der Waals surface area contributed by atoms with Gasteiger partial charge in [-0.2, -0.15) is 0 Å². The first-order chi connectivity index (χ1) is 9.74. The van der Waals surface area contributed by atoms with Crippen LogP contribution in [0.4, 0.5) is 24.9 Å². The third kappa shape index (κ3) is 4.50. The van der Waals surface area contributed by atoms with Crippen LogP contribution in [0.3, 0.4) is 0 Å². The van der Waals surface area contributed by atoms with Crippen LogP contribution in [0.5, 0.6) is 5.75 Å². The van der Waals surface area contributed by atoms with Crippen LogP contribution in [0.2, 0.25) is 0 Å². The van der Waals surface area contributed by atoms with Gasteiger partial charge in [-0.05, 0) is 41.1 Å². The molecule has 5 nitrogen and oxygen atoms in total. The lowest BCUT2D eigenvalue weighted by atomic mass is 10.3. The van der Waals surface area contributed by atoms with Crippen molar-refractivity contribution < 1.29 is 22.3 Å². The Kier molecular flexibility index (Phi) is 4.62. The highest BCUT2D eigenvalue weighted by molar-refractivity contribution is 9.10. The fourth-order valence-corrected chi connectivity index (χ4v) is 1.90. The van der Waals surface area contributed by atoms with Gasteiger partial charge in [-0.25, -0.2) is 0 Å². The van der Waals surface area contributed by atoms with Crippen molar-refractivity contribution in [2.45, 2.75) is 18.7 Å². The largest absolute Gasteiger partial charge is 0.573 e. The van der Waals surface area contributed by atoms with Crippen molar-refractivity contribution in [2.75, 3.05) is 5.32 Å². The van der Waals surface area contributed by atoms with Gasteiger partial charge in [0.05, 0.1) is 4.47 Å². The molecule has 1 heterocycles. The van der Waals surface area contributed by atoms with E-state index in [-0.39, 0.29) is 22.1 Å². The van der Waals surface area contributed by atoms with Crippen LogP contribution < -0.4 is 10.1 Å². The van der Waals surface area contributed by atoms with Crippen LogP contribution in [0, 0.1) is 0 Å². The Balaban J connectivity index is 2.12. The zero-order chi connectivity index (χ0) is 15.6. The molecule has 1 unspecified atom stereocenters. The number of halogens is 5. The van der Waals surface area contributed by atoms with E-state index in [9.17, 15) is 13.2 Å². The first-order valence-corrected chi connectivity index (χ1v) is 6.77. The molecule has 0 aliphatic rings. The summed E-state index contributed by atoms with van der Waals surface area (Å²) in [6.45, 7) is 1.67. The Morgan fingerprint density at radius 3 is 2.62 bits per heavy atom. The highest BCUT2D eigenvalue weighted by Crippen LogP contribution is 2.33. The van der Waals surface area contributed by atoms with Crippen LogP contribution >= 0.6 is 27.5 Å². The number of anilines is 2. The molecular formula is C11H8BrClF3N3O2. The molecule has 0 saturated heterocycles. The van der Waals surface area contributed by atoms with Crippen molar-refractivity contribution in [1.29, 1.82) is 0 Å². The number of hydrogen-bond donors (Lipinski definition) is 1. The number of nitrogens with one attached hydrogen (secondary N) is 1. The monoisotopic (exact) mass is 385 g/mol. The van der Waals surface area contributed by atoms with Crippen molar-refractivity contribution in [3.63, 3.8) is 0 Å². The van der Waals surface area contributed by atoms with Crippen LogP contribution in [0.15, 0.2) is 27.1 Å². The predicted octanol–water partition coefficient (Wildman–Crippen LogP) is 4.77. The maximum absolute atomic E-state index is 12.1. The minimum Gasteiger partial charge on any atom is -0.406 e. The number of hydrogen-bond acceptors (Lipinski definition) is 5. The van der Waals surface area contributed by atoms with E-state index in [4.69, 9.17) is 16.0 Å². The van der Waals surface area contributed by atoms with Gasteiger partial charge < -0.3 is 14.5 Å². The van der Waals surface area contributed by atoms with Gasteiger partial charge in [0.25, 0.3) is 0 Å². The molecule has 1 aromatic carbocycles. The zero-order valence-corrected chi connectivity index (χ0v) is 12.8. The van der Waals surface area contributed by atoms with Crippen LogP contribution in [-0.4, -0.2) is 16.6 Å². The fraction of sp³-hybridized carbons (Fsp3) is 0.273.